The summed E-state index contributed by atoms with van der Waals surface area (Å²) < 4.78 is 6.69. The standard InChI is InChI=1S/C10H12N4O3/c11-5-10(6-15)3-1-8(17-10)14-4-2-7(12)13-9(14)16/h2,4,8,15H,1,3,6H2,(H2,12,13,16)/t8-,10-/m1/s1. The van der Waals surface area contributed by atoms with Crippen molar-refractivity contribution >= 4 is 5.82 Å². The van der Waals surface area contributed by atoms with Crippen molar-refractivity contribution in [3.05, 3.63) is 22.7 Å². The summed E-state index contributed by atoms with van der Waals surface area (Å²) >= 11 is 0. The molecule has 1 fully saturated rings. The number of ether oxygens (including phenoxy) is 1. The van der Waals surface area contributed by atoms with Crippen LogP contribution in [0.15, 0.2) is 17.1 Å². The van der Waals surface area contributed by atoms with Crippen LogP contribution in [0.3, 0.4) is 0 Å². The maximum absolute atomic E-state index is 11.6. The Morgan fingerprint density at radius 3 is 3.12 bits per heavy atom. The number of aliphatic hydroxyl groups excluding tert-OH is 1. The maximum atomic E-state index is 11.6. The highest BCUT2D eigenvalue weighted by Gasteiger charge is 2.41. The van der Waals surface area contributed by atoms with E-state index in [0.29, 0.717) is 12.8 Å². The first kappa shape index (κ1) is 11.6. The summed E-state index contributed by atoms with van der Waals surface area (Å²) in [4.78, 5) is 15.1. The summed E-state index contributed by atoms with van der Waals surface area (Å²) in [6.45, 7) is -0.392. The van der Waals surface area contributed by atoms with E-state index in [1.165, 1.54) is 16.8 Å². The molecular weight excluding hydrogens is 224 g/mol. The van der Waals surface area contributed by atoms with Crippen LogP contribution in [0.4, 0.5) is 5.82 Å². The molecule has 2 atom stereocenters. The van der Waals surface area contributed by atoms with Crippen molar-refractivity contribution in [2.45, 2.75) is 24.7 Å². The fraction of sp³-hybridized carbons (Fsp3) is 0.500. The number of rotatable bonds is 2. The summed E-state index contributed by atoms with van der Waals surface area (Å²) in [6.07, 6.45) is 1.74. The average Bonchev–Trinajstić information content (AvgIpc) is 2.74. The molecule has 0 radical (unpaired) electrons. The predicted molar refractivity (Wildman–Crippen MR) is 57.7 cm³/mol. The van der Waals surface area contributed by atoms with Crippen molar-refractivity contribution in [2.75, 3.05) is 12.3 Å². The lowest BCUT2D eigenvalue weighted by atomic mass is 10.0. The lowest BCUT2D eigenvalue weighted by Crippen LogP contribution is -2.33. The van der Waals surface area contributed by atoms with E-state index >= 15 is 0 Å². The molecule has 90 valence electrons. The van der Waals surface area contributed by atoms with Crippen LogP contribution in [0, 0.1) is 11.3 Å². The minimum atomic E-state index is -1.22. The van der Waals surface area contributed by atoms with Crippen LogP contribution in [0.2, 0.25) is 0 Å². The fourth-order valence-corrected chi connectivity index (χ4v) is 1.81. The Balaban J connectivity index is 2.27. The van der Waals surface area contributed by atoms with Crippen molar-refractivity contribution < 1.29 is 9.84 Å². The molecule has 7 heteroatoms. The van der Waals surface area contributed by atoms with Gasteiger partial charge in [-0.15, -0.1) is 0 Å². The van der Waals surface area contributed by atoms with Gasteiger partial charge in [-0.1, -0.05) is 0 Å². The normalized spacial score (nSPS) is 27.9. The van der Waals surface area contributed by atoms with Crippen LogP contribution in [0.25, 0.3) is 0 Å². The number of nitrogens with two attached hydrogens (primary N) is 1. The molecule has 0 unspecified atom stereocenters. The van der Waals surface area contributed by atoms with Crippen LogP contribution >= 0.6 is 0 Å². The molecule has 1 aliphatic heterocycles. The SMILES string of the molecule is N#C[C@@]1(CO)CC[C@H](n2ccc(N)nc2=O)O1. The summed E-state index contributed by atoms with van der Waals surface area (Å²) in [5.41, 5.74) is 3.63. The van der Waals surface area contributed by atoms with Crippen molar-refractivity contribution in [3.8, 4) is 6.07 Å². The zero-order valence-corrected chi connectivity index (χ0v) is 9.04. The highest BCUT2D eigenvalue weighted by atomic mass is 16.5. The molecule has 0 spiro atoms. The van der Waals surface area contributed by atoms with Gasteiger partial charge in [0, 0.05) is 6.20 Å². The van der Waals surface area contributed by atoms with Gasteiger partial charge in [0.25, 0.3) is 0 Å². The largest absolute Gasteiger partial charge is 0.392 e. The molecule has 7 nitrogen and oxygen atoms in total. The Kier molecular flexibility index (Phi) is 2.83. The van der Waals surface area contributed by atoms with Crippen LogP contribution < -0.4 is 11.4 Å². The van der Waals surface area contributed by atoms with Crippen molar-refractivity contribution in [1.82, 2.24) is 9.55 Å². The average molecular weight is 236 g/mol. The molecule has 0 aromatic carbocycles. The Bertz CT molecular complexity index is 521. The lowest BCUT2D eigenvalue weighted by molar-refractivity contribution is -0.0660. The highest BCUT2D eigenvalue weighted by Crippen LogP contribution is 2.34. The minimum Gasteiger partial charge on any atom is -0.392 e. The Labute approximate surface area is 97.1 Å². The van der Waals surface area contributed by atoms with E-state index < -0.39 is 24.1 Å². The summed E-state index contributed by atoms with van der Waals surface area (Å²) in [7, 11) is 0. The predicted octanol–water partition coefficient (Wildman–Crippen LogP) is -0.611. The Morgan fingerprint density at radius 2 is 2.59 bits per heavy atom. The first-order chi connectivity index (χ1) is 8.10. The van der Waals surface area contributed by atoms with Gasteiger partial charge >= 0.3 is 5.69 Å². The van der Waals surface area contributed by atoms with E-state index in [4.69, 9.17) is 20.8 Å². The second kappa shape index (κ2) is 4.16. The minimum absolute atomic E-state index is 0.137. The number of nitriles is 1. The van der Waals surface area contributed by atoms with E-state index in [9.17, 15) is 4.79 Å². The third-order valence-corrected chi connectivity index (χ3v) is 2.78. The molecule has 1 aliphatic rings. The molecule has 0 saturated carbocycles. The van der Waals surface area contributed by atoms with Gasteiger partial charge in [-0.05, 0) is 18.9 Å². The molecule has 2 heterocycles. The van der Waals surface area contributed by atoms with Gasteiger partial charge in [-0.25, -0.2) is 4.79 Å². The van der Waals surface area contributed by atoms with E-state index in [-0.39, 0.29) is 5.82 Å². The first-order valence-corrected chi connectivity index (χ1v) is 5.15. The van der Waals surface area contributed by atoms with Gasteiger partial charge in [0.15, 0.2) is 5.60 Å². The van der Waals surface area contributed by atoms with Gasteiger partial charge in [0.05, 0.1) is 6.61 Å². The molecule has 0 amide bonds. The fourth-order valence-electron chi connectivity index (χ4n) is 1.81. The number of nitrogens with zero attached hydrogens (tertiary/aromatic N) is 3. The van der Waals surface area contributed by atoms with Crippen LogP contribution in [-0.2, 0) is 4.74 Å². The zero-order valence-electron chi connectivity index (χ0n) is 9.04. The molecule has 2 rings (SSSR count). The monoisotopic (exact) mass is 236 g/mol. The van der Waals surface area contributed by atoms with Gasteiger partial charge in [-0.2, -0.15) is 10.2 Å². The number of hydrogen-bond donors (Lipinski definition) is 2. The van der Waals surface area contributed by atoms with E-state index in [1.807, 2.05) is 6.07 Å². The molecule has 1 aromatic heterocycles. The molecule has 0 aliphatic carbocycles. The molecule has 1 saturated heterocycles. The number of anilines is 1. The summed E-state index contributed by atoms with van der Waals surface area (Å²) in [5, 5.41) is 18.1. The molecule has 1 aromatic rings. The zero-order chi connectivity index (χ0) is 12.5. The molecular formula is C10H12N4O3. The number of nitrogen functional groups attached to an aromatic ring is 1. The lowest BCUT2D eigenvalue weighted by Gasteiger charge is -2.19. The van der Waals surface area contributed by atoms with Crippen molar-refractivity contribution in [2.24, 2.45) is 0 Å². The summed E-state index contributed by atoms with van der Waals surface area (Å²) in [5.74, 6) is 0.137. The Hall–Kier alpha value is -1.91. The van der Waals surface area contributed by atoms with Gasteiger partial charge in [0.2, 0.25) is 0 Å². The van der Waals surface area contributed by atoms with Gasteiger partial charge < -0.3 is 15.6 Å². The smallest absolute Gasteiger partial charge is 0.351 e. The van der Waals surface area contributed by atoms with Gasteiger partial charge in [0.1, 0.15) is 18.1 Å². The van der Waals surface area contributed by atoms with E-state index in [1.54, 1.807) is 0 Å². The second-order valence-corrected chi connectivity index (χ2v) is 3.92. The van der Waals surface area contributed by atoms with Crippen LogP contribution in [0.5, 0.6) is 0 Å². The maximum Gasteiger partial charge on any atom is 0.351 e. The quantitative estimate of drug-likeness (QED) is 0.707. The Morgan fingerprint density at radius 1 is 1.82 bits per heavy atom. The molecule has 0 bridgehead atoms. The third kappa shape index (κ3) is 2.00. The van der Waals surface area contributed by atoms with E-state index in [0.717, 1.165) is 0 Å². The van der Waals surface area contributed by atoms with Crippen molar-refractivity contribution in [1.29, 1.82) is 5.26 Å². The topological polar surface area (TPSA) is 114 Å². The van der Waals surface area contributed by atoms with E-state index in [2.05, 4.69) is 4.98 Å². The van der Waals surface area contributed by atoms with Crippen molar-refractivity contribution in [3.63, 3.8) is 0 Å². The number of aliphatic hydroxyl groups is 1. The molecule has 3 N–H and O–H groups in total. The van der Waals surface area contributed by atoms with Crippen LogP contribution in [-0.4, -0.2) is 26.9 Å². The van der Waals surface area contributed by atoms with Crippen LogP contribution in [0.1, 0.15) is 19.1 Å². The number of aromatic nitrogens is 2. The summed E-state index contributed by atoms with van der Waals surface area (Å²) in [6, 6.07) is 3.41. The second-order valence-electron chi connectivity index (χ2n) is 3.92. The third-order valence-electron chi connectivity index (χ3n) is 2.78. The molecule has 17 heavy (non-hydrogen) atoms. The highest BCUT2D eigenvalue weighted by molar-refractivity contribution is 5.23. The number of hydrogen-bond acceptors (Lipinski definition) is 6. The van der Waals surface area contributed by atoms with Gasteiger partial charge in [-0.3, -0.25) is 4.57 Å². The first-order valence-electron chi connectivity index (χ1n) is 5.15.